The van der Waals surface area contributed by atoms with Gasteiger partial charge in [-0.2, -0.15) is 5.10 Å². The minimum atomic E-state index is -2.87. The molecule has 8 rings (SSSR count). The first-order valence-electron chi connectivity index (χ1n) is 21.9. The number of anilines is 2. The first-order chi connectivity index (χ1) is 30.6. The molecule has 3 aliphatic rings. The number of hydrogen-bond donors (Lipinski definition) is 4. The van der Waals surface area contributed by atoms with Crippen LogP contribution in [0.4, 0.5) is 20.3 Å². The molecule has 4 N–H and O–H groups in total. The summed E-state index contributed by atoms with van der Waals surface area (Å²) in [6.45, 7) is 4.33. The third kappa shape index (κ3) is 10.7. The second-order valence-electron chi connectivity index (χ2n) is 16.6. The van der Waals surface area contributed by atoms with Gasteiger partial charge in [-0.15, -0.1) is 0 Å². The summed E-state index contributed by atoms with van der Waals surface area (Å²) in [7, 11) is 1.70. The van der Waals surface area contributed by atoms with E-state index >= 15 is 0 Å². The number of alkyl halides is 2. The van der Waals surface area contributed by atoms with Gasteiger partial charge in [0.15, 0.2) is 11.4 Å². The molecule has 1 aliphatic heterocycles. The Morgan fingerprint density at radius 2 is 1.76 bits per heavy atom. The first-order valence-corrected chi connectivity index (χ1v) is 21.9. The minimum Gasteiger partial charge on any atom is -0.444 e. The van der Waals surface area contributed by atoms with Crippen LogP contribution in [0.1, 0.15) is 98.0 Å². The molecule has 2 saturated carbocycles. The highest BCUT2D eigenvalue weighted by atomic mass is 19.3. The van der Waals surface area contributed by atoms with Gasteiger partial charge in [0.25, 0.3) is 12.3 Å². The van der Waals surface area contributed by atoms with E-state index in [4.69, 9.17) is 13.9 Å². The van der Waals surface area contributed by atoms with Crippen molar-refractivity contribution in [3.05, 3.63) is 76.4 Å². The number of hydrogen-bond acceptors (Lipinski definition) is 12. The molecule has 19 heteroatoms. The van der Waals surface area contributed by atoms with Crippen LogP contribution in [0.2, 0.25) is 0 Å². The van der Waals surface area contributed by atoms with Crippen molar-refractivity contribution in [3.63, 3.8) is 0 Å². The molecule has 63 heavy (non-hydrogen) atoms. The molecule has 4 aromatic heterocycles. The third-order valence-corrected chi connectivity index (χ3v) is 12.1. The number of pyridine rings is 1. The lowest BCUT2D eigenvalue weighted by Crippen LogP contribution is -2.44. The van der Waals surface area contributed by atoms with Gasteiger partial charge < -0.3 is 29.8 Å². The second-order valence-corrected chi connectivity index (χ2v) is 16.6. The Balaban J connectivity index is 0.707. The van der Waals surface area contributed by atoms with E-state index < -0.39 is 30.0 Å². The van der Waals surface area contributed by atoms with Gasteiger partial charge in [0, 0.05) is 51.1 Å². The zero-order chi connectivity index (χ0) is 43.9. The molecule has 0 radical (unpaired) electrons. The quantitative estimate of drug-likeness (QED) is 0.0529. The lowest BCUT2D eigenvalue weighted by atomic mass is 9.86. The van der Waals surface area contributed by atoms with E-state index in [2.05, 4.69) is 36.3 Å². The molecule has 0 spiro atoms. The number of halogens is 2. The van der Waals surface area contributed by atoms with Crippen LogP contribution in [0.3, 0.4) is 0 Å². The van der Waals surface area contributed by atoms with Crippen molar-refractivity contribution in [2.24, 2.45) is 18.9 Å². The van der Waals surface area contributed by atoms with Crippen LogP contribution in [0.25, 0.3) is 22.5 Å². The number of nitrogens with zero attached hydrogens (tertiary/aromatic N) is 6. The number of carbonyl (C=O) groups is 3. The molecule has 17 nitrogen and oxygen atoms in total. The molecule has 1 aromatic carbocycles. The number of aromatic nitrogens is 6. The maximum absolute atomic E-state index is 14.1. The van der Waals surface area contributed by atoms with Gasteiger partial charge in [-0.1, -0.05) is 12.1 Å². The van der Waals surface area contributed by atoms with Gasteiger partial charge in [0.2, 0.25) is 17.7 Å². The zero-order valence-electron chi connectivity index (χ0n) is 35.3. The van der Waals surface area contributed by atoms with Crippen LogP contribution >= 0.6 is 0 Å². The highest BCUT2D eigenvalue weighted by molar-refractivity contribution is 6.03. The van der Waals surface area contributed by atoms with Crippen LogP contribution < -0.4 is 27.0 Å². The summed E-state index contributed by atoms with van der Waals surface area (Å²) in [4.78, 5) is 59.1. The van der Waals surface area contributed by atoms with Crippen molar-refractivity contribution in [2.75, 3.05) is 56.7 Å². The van der Waals surface area contributed by atoms with E-state index in [0.717, 1.165) is 56.3 Å². The van der Waals surface area contributed by atoms with Crippen molar-refractivity contribution in [1.29, 1.82) is 0 Å². The van der Waals surface area contributed by atoms with E-state index in [1.54, 1.807) is 34.6 Å². The number of ether oxygens (including phenoxy) is 2. The molecule has 3 amide bonds. The molecular weight excluding hydrogens is 819 g/mol. The van der Waals surface area contributed by atoms with Gasteiger partial charge >= 0.3 is 5.69 Å². The van der Waals surface area contributed by atoms with E-state index in [9.17, 15) is 28.0 Å². The van der Waals surface area contributed by atoms with E-state index in [1.807, 2.05) is 18.2 Å². The topological polar surface area (TPSA) is 201 Å². The predicted molar refractivity (Wildman–Crippen MR) is 229 cm³/mol. The van der Waals surface area contributed by atoms with Crippen LogP contribution in [-0.4, -0.2) is 92.7 Å². The number of nitrogens with one attached hydrogen (secondary N) is 4. The lowest BCUT2D eigenvalue weighted by molar-refractivity contribution is -0.135. The van der Waals surface area contributed by atoms with E-state index in [0.29, 0.717) is 74.5 Å². The maximum Gasteiger partial charge on any atom is 0.329 e. The van der Waals surface area contributed by atoms with Crippen LogP contribution in [0.15, 0.2) is 58.2 Å². The van der Waals surface area contributed by atoms with Crippen molar-refractivity contribution >= 4 is 40.3 Å². The summed E-state index contributed by atoms with van der Waals surface area (Å²) in [5.74, 6) is 0.570. The number of aryl methyl sites for hydroxylation is 2. The highest BCUT2D eigenvalue weighted by Gasteiger charge is 2.32. The number of para-hydroxylation sites is 1. The fourth-order valence-corrected chi connectivity index (χ4v) is 8.48. The average molecular weight is 873 g/mol. The standard InChI is InChI=1S/C44H54F2N10O7/c1-54-39-29(4-2-6-34(39)56(44(54)60)35-13-14-37(57)52-42(35)59)5-3-18-61-20-21-62-19-17-47-23-27-9-11-31(12-10-27)55-25-32(38(53-55)40(45)46)50-41(58)33-26-63-43(51-33)30-15-16-48-36(22-30)49-24-28-7-8-28/h2,4,6,15-16,22,25-28,31,35,40,47H,3,5,7-14,17-21,23-24H2,1H3,(H,48,49)(H,50,58)(H,52,57,59). The van der Waals surface area contributed by atoms with Gasteiger partial charge in [-0.3, -0.25) is 33.5 Å². The molecule has 1 saturated heterocycles. The molecule has 0 bridgehead atoms. The fourth-order valence-electron chi connectivity index (χ4n) is 8.48. The molecule has 1 atom stereocenters. The second kappa shape index (κ2) is 20.2. The summed E-state index contributed by atoms with van der Waals surface area (Å²) >= 11 is 0. The molecule has 1 unspecified atom stereocenters. The predicted octanol–water partition coefficient (Wildman–Crippen LogP) is 5.56. The monoisotopic (exact) mass is 872 g/mol. The lowest BCUT2D eigenvalue weighted by Gasteiger charge is -2.28. The molecule has 3 fully saturated rings. The Labute approximate surface area is 362 Å². The van der Waals surface area contributed by atoms with Crippen molar-refractivity contribution < 1.29 is 37.1 Å². The Bertz CT molecular complexity index is 2450. The average Bonchev–Trinajstić information content (AvgIpc) is 3.68. The summed E-state index contributed by atoms with van der Waals surface area (Å²) < 4.78 is 49.9. The number of benzene rings is 1. The molecule has 2 aliphatic carbocycles. The van der Waals surface area contributed by atoms with Gasteiger partial charge in [0.1, 0.15) is 18.1 Å². The first kappa shape index (κ1) is 43.8. The highest BCUT2D eigenvalue weighted by Crippen LogP contribution is 2.35. The van der Waals surface area contributed by atoms with Crippen molar-refractivity contribution in [1.82, 2.24) is 39.5 Å². The number of amides is 3. The number of imide groups is 1. The Morgan fingerprint density at radius 1 is 0.984 bits per heavy atom. The summed E-state index contributed by atoms with van der Waals surface area (Å²) in [6, 6.07) is 8.44. The third-order valence-electron chi connectivity index (χ3n) is 12.1. The van der Waals surface area contributed by atoms with Gasteiger partial charge in [0.05, 0.1) is 42.6 Å². The smallest absolute Gasteiger partial charge is 0.329 e. The number of carbonyl (C=O) groups excluding carboxylic acids is 3. The number of oxazole rings is 1. The normalized spacial score (nSPS) is 19.2. The zero-order valence-corrected chi connectivity index (χ0v) is 35.3. The summed E-state index contributed by atoms with van der Waals surface area (Å²) in [5.41, 5.74) is 2.23. The molecular formula is C44H54F2N10O7. The summed E-state index contributed by atoms with van der Waals surface area (Å²) in [5, 5.41) is 15.9. The van der Waals surface area contributed by atoms with E-state index in [-0.39, 0.29) is 41.3 Å². The van der Waals surface area contributed by atoms with Crippen molar-refractivity contribution in [3.8, 4) is 11.5 Å². The SMILES string of the molecule is Cn1c(=O)n(C2CCC(=O)NC2=O)c2cccc(CCCOCCOCCNCC3CCC(n4cc(NC(=O)c5coc(-c6ccnc(NCC7CC7)c6)n5)c(C(F)F)n4)CC3)c21. The minimum absolute atomic E-state index is 0.0364. The van der Waals surface area contributed by atoms with Crippen LogP contribution in [0, 0.1) is 11.8 Å². The van der Waals surface area contributed by atoms with E-state index in [1.165, 1.54) is 29.9 Å². The maximum atomic E-state index is 14.1. The Kier molecular flexibility index (Phi) is 14.0. The number of piperidine rings is 1. The molecule has 5 aromatic rings. The molecule has 336 valence electrons. The van der Waals surface area contributed by atoms with Gasteiger partial charge in [-0.05, 0) is 99.9 Å². The Hall–Kier alpha value is -5.79. The molecule has 5 heterocycles. The fraction of sp³-hybridized carbons (Fsp3) is 0.523. The van der Waals surface area contributed by atoms with Crippen molar-refractivity contribution in [2.45, 2.75) is 82.7 Å². The van der Waals surface area contributed by atoms with Crippen LogP contribution in [0.5, 0.6) is 0 Å². The largest absolute Gasteiger partial charge is 0.444 e. The summed E-state index contributed by atoms with van der Waals surface area (Å²) in [6.07, 6.45) is 9.15. The van der Waals surface area contributed by atoms with Gasteiger partial charge in [-0.25, -0.2) is 23.5 Å². The van der Waals surface area contributed by atoms with Crippen LogP contribution in [-0.2, 0) is 32.5 Å². The number of imidazole rings is 1. The number of fused-ring (bicyclic) bond motifs is 1. The Morgan fingerprint density at radius 3 is 2.54 bits per heavy atom. The number of rotatable bonds is 21.